The first-order chi connectivity index (χ1) is 15.2. The van der Waals surface area contributed by atoms with Crippen molar-refractivity contribution in [3.05, 3.63) is 23.3 Å². The molecule has 2 N–H and O–H groups in total. The molecule has 2 bridgehead atoms. The van der Waals surface area contributed by atoms with Crippen molar-refractivity contribution in [2.75, 3.05) is 13.7 Å². The van der Waals surface area contributed by atoms with Crippen LogP contribution in [0.15, 0.2) is 12.1 Å². The molecule has 0 aromatic heterocycles. The van der Waals surface area contributed by atoms with Crippen molar-refractivity contribution in [1.82, 2.24) is 5.32 Å². The molecule has 1 aliphatic heterocycles. The number of hydrogen-bond donors (Lipinski definition) is 2. The number of benzene rings is 1. The fourth-order valence-electron chi connectivity index (χ4n) is 8.95. The van der Waals surface area contributed by atoms with Crippen LogP contribution in [0.4, 0.5) is 0 Å². The molecule has 0 amide bonds. The maximum absolute atomic E-state index is 10.9. The van der Waals surface area contributed by atoms with Gasteiger partial charge in [0.05, 0.1) is 0 Å². The number of fused-ring (bicyclic) bond motifs is 2. The molecule has 1 spiro atoms. The Morgan fingerprint density at radius 1 is 1.22 bits per heavy atom. The van der Waals surface area contributed by atoms with Crippen LogP contribution in [0.3, 0.4) is 0 Å². The van der Waals surface area contributed by atoms with Gasteiger partial charge in [0.25, 0.3) is 0 Å². The lowest BCUT2D eigenvalue weighted by Gasteiger charge is -2.72. The summed E-state index contributed by atoms with van der Waals surface area (Å²) in [7, 11) is 1.91. The maximum atomic E-state index is 10.9. The summed E-state index contributed by atoms with van der Waals surface area (Å²) < 4.78 is 13.5. The molecule has 0 saturated heterocycles. The Kier molecular flexibility index (Phi) is 4.43. The van der Waals surface area contributed by atoms with E-state index in [1.54, 1.807) is 0 Å². The van der Waals surface area contributed by atoms with Crippen molar-refractivity contribution in [1.29, 1.82) is 0 Å². The predicted molar refractivity (Wildman–Crippen MR) is 126 cm³/mol. The third kappa shape index (κ3) is 2.41. The van der Waals surface area contributed by atoms with Gasteiger partial charge in [-0.1, -0.05) is 40.2 Å². The molecule has 5 aliphatic carbocycles. The molecular formula is C28H41NO3. The molecule has 6 aliphatic rings. The number of methoxy groups -OCH3 is 1. The van der Waals surface area contributed by atoms with E-state index in [1.165, 1.54) is 36.8 Å². The first kappa shape index (κ1) is 21.3. The molecule has 6 atom stereocenters. The Morgan fingerprint density at radius 2 is 2.00 bits per heavy atom. The highest BCUT2D eigenvalue weighted by molar-refractivity contribution is 5.62. The van der Waals surface area contributed by atoms with Gasteiger partial charge < -0.3 is 19.9 Å². The zero-order valence-corrected chi connectivity index (χ0v) is 20.6. The summed E-state index contributed by atoms with van der Waals surface area (Å²) in [5.41, 5.74) is 2.61. The lowest BCUT2D eigenvalue weighted by Crippen LogP contribution is -2.79. The number of phenols is 1. The minimum atomic E-state index is -0.309. The van der Waals surface area contributed by atoms with E-state index in [1.807, 2.05) is 13.2 Å². The molecule has 7 rings (SSSR count). The summed E-state index contributed by atoms with van der Waals surface area (Å²) in [6.07, 6.45) is 9.41. The highest BCUT2D eigenvalue weighted by atomic mass is 16.6. The van der Waals surface area contributed by atoms with E-state index < -0.39 is 0 Å². The van der Waals surface area contributed by atoms with Crippen LogP contribution in [-0.4, -0.2) is 36.5 Å². The van der Waals surface area contributed by atoms with E-state index in [2.05, 4.69) is 39.1 Å². The summed E-state index contributed by atoms with van der Waals surface area (Å²) in [6.45, 7) is 10.6. The molecule has 2 unspecified atom stereocenters. The van der Waals surface area contributed by atoms with Crippen molar-refractivity contribution >= 4 is 0 Å². The number of nitrogens with one attached hydrogen (secondary N) is 1. The Morgan fingerprint density at radius 3 is 2.66 bits per heavy atom. The average molecular weight is 440 g/mol. The van der Waals surface area contributed by atoms with Crippen LogP contribution in [0.5, 0.6) is 11.5 Å². The summed E-state index contributed by atoms with van der Waals surface area (Å²) in [6, 6.07) is 4.51. The zero-order valence-electron chi connectivity index (χ0n) is 20.6. The van der Waals surface area contributed by atoms with Crippen LogP contribution in [-0.2, 0) is 16.6 Å². The Labute approximate surface area is 193 Å². The third-order valence-corrected chi connectivity index (χ3v) is 10.3. The lowest BCUT2D eigenvalue weighted by molar-refractivity contribution is -0.274. The summed E-state index contributed by atoms with van der Waals surface area (Å²) in [4.78, 5) is 0. The van der Waals surface area contributed by atoms with Crippen LogP contribution in [0.2, 0.25) is 0 Å². The largest absolute Gasteiger partial charge is 0.504 e. The number of aromatic hydroxyl groups is 1. The summed E-state index contributed by atoms with van der Waals surface area (Å²) >= 11 is 0. The van der Waals surface area contributed by atoms with Crippen molar-refractivity contribution < 1.29 is 14.6 Å². The fraction of sp³-hybridized carbons (Fsp3) is 0.786. The molecule has 0 radical (unpaired) electrons. The predicted octanol–water partition coefficient (Wildman–Crippen LogP) is 5.35. The van der Waals surface area contributed by atoms with Gasteiger partial charge in [-0.15, -0.1) is 0 Å². The van der Waals surface area contributed by atoms with Crippen LogP contribution < -0.4 is 10.1 Å². The van der Waals surface area contributed by atoms with Gasteiger partial charge >= 0.3 is 0 Å². The highest BCUT2D eigenvalue weighted by Crippen LogP contribution is 2.76. The summed E-state index contributed by atoms with van der Waals surface area (Å²) in [5, 5.41) is 15.1. The van der Waals surface area contributed by atoms with Crippen molar-refractivity contribution in [2.24, 2.45) is 22.7 Å². The normalized spacial score (nSPS) is 41.5. The van der Waals surface area contributed by atoms with Crippen molar-refractivity contribution in [2.45, 2.75) is 102 Å². The van der Waals surface area contributed by atoms with Gasteiger partial charge in [0.15, 0.2) is 11.5 Å². The van der Waals surface area contributed by atoms with Gasteiger partial charge in [-0.3, -0.25) is 0 Å². The Balaban J connectivity index is 1.60. The van der Waals surface area contributed by atoms with Crippen LogP contribution in [0.1, 0.15) is 83.8 Å². The monoisotopic (exact) mass is 439 g/mol. The van der Waals surface area contributed by atoms with Crippen LogP contribution in [0, 0.1) is 22.7 Å². The first-order valence-corrected chi connectivity index (χ1v) is 13.0. The van der Waals surface area contributed by atoms with E-state index in [0.717, 1.165) is 43.9 Å². The van der Waals surface area contributed by atoms with E-state index in [4.69, 9.17) is 9.47 Å². The molecule has 1 heterocycles. The molecule has 1 aromatic carbocycles. The van der Waals surface area contributed by atoms with E-state index in [9.17, 15) is 5.11 Å². The average Bonchev–Trinajstić information content (AvgIpc) is 3.51. The smallest absolute Gasteiger partial charge is 0.165 e. The van der Waals surface area contributed by atoms with Gasteiger partial charge in [0.1, 0.15) is 11.7 Å². The number of hydrogen-bond acceptors (Lipinski definition) is 4. The van der Waals surface area contributed by atoms with Crippen molar-refractivity contribution in [3.63, 3.8) is 0 Å². The second kappa shape index (κ2) is 6.66. The van der Waals surface area contributed by atoms with Gasteiger partial charge in [-0.2, -0.15) is 0 Å². The highest BCUT2D eigenvalue weighted by Gasteiger charge is 2.79. The second-order valence-corrected chi connectivity index (χ2v) is 12.7. The maximum Gasteiger partial charge on any atom is 0.165 e. The SMILES string of the molecule is CCC[C@]12c3c4ccc(O)c3OC1[C@@]1(OC)CC[C@@]2(C[C@@H]1C(C)(C)C)C(NCC1CC1)C4. The van der Waals surface area contributed by atoms with Gasteiger partial charge in [-0.25, -0.2) is 0 Å². The number of phenolic OH excluding ortho intramolecular Hbond substituents is 1. The van der Waals surface area contributed by atoms with Crippen LogP contribution in [0.25, 0.3) is 0 Å². The molecular weight excluding hydrogens is 398 g/mol. The Bertz CT molecular complexity index is 933. The van der Waals surface area contributed by atoms with E-state index >= 15 is 0 Å². The molecule has 4 nitrogen and oxygen atoms in total. The van der Waals surface area contributed by atoms with E-state index in [0.29, 0.717) is 17.7 Å². The molecule has 4 fully saturated rings. The number of rotatable bonds is 6. The second-order valence-electron chi connectivity index (χ2n) is 12.7. The zero-order chi connectivity index (χ0) is 22.5. The van der Waals surface area contributed by atoms with Crippen molar-refractivity contribution in [3.8, 4) is 11.5 Å². The summed E-state index contributed by atoms with van der Waals surface area (Å²) in [5.74, 6) is 2.37. The van der Waals surface area contributed by atoms with Gasteiger partial charge in [0.2, 0.25) is 0 Å². The van der Waals surface area contributed by atoms with Gasteiger partial charge in [0, 0.05) is 24.1 Å². The molecule has 4 saturated carbocycles. The topological polar surface area (TPSA) is 50.7 Å². The Hall–Kier alpha value is -1.26. The first-order valence-electron chi connectivity index (χ1n) is 13.0. The minimum absolute atomic E-state index is 0.0285. The lowest BCUT2D eigenvalue weighted by atomic mass is 9.34. The molecule has 32 heavy (non-hydrogen) atoms. The quantitative estimate of drug-likeness (QED) is 0.628. The molecule has 1 aromatic rings. The third-order valence-electron chi connectivity index (χ3n) is 10.3. The van der Waals surface area contributed by atoms with Gasteiger partial charge in [-0.05, 0) is 85.8 Å². The minimum Gasteiger partial charge on any atom is -0.504 e. The molecule has 176 valence electrons. The fourth-order valence-corrected chi connectivity index (χ4v) is 8.95. The van der Waals surface area contributed by atoms with Crippen LogP contribution >= 0.6 is 0 Å². The van der Waals surface area contributed by atoms with E-state index in [-0.39, 0.29) is 27.9 Å². The standard InChI is InChI=1S/C28H41NO3/c1-6-11-27-22-18-9-10-19(30)23(22)32-24(27)28(31-5)13-12-26(27,15-20(28)25(2,3)4)21(14-18)29-16-17-7-8-17/h9-10,17,20-21,24,29-30H,6-8,11-16H2,1-5H3/t20-,21?,24?,26-,27+,28-/m1/s1. The molecule has 4 heteroatoms. The number of ether oxygens (including phenoxy) is 2.